The SMILES string of the molecule is C=C/C(Oc1ccc(NC(=O)CN(Cc2ccccc2)C(C)=O)cc1F)=C1/C=C(OC)C(OC)=CC1=NC. The van der Waals surface area contributed by atoms with Crippen molar-refractivity contribution in [3.05, 3.63) is 108 Å². The lowest BCUT2D eigenvalue weighted by molar-refractivity contribution is -0.133. The van der Waals surface area contributed by atoms with Crippen LogP contribution in [0, 0.1) is 5.82 Å². The van der Waals surface area contributed by atoms with Gasteiger partial charge in [0.1, 0.15) is 12.3 Å². The number of methoxy groups -OCH3 is 2. The highest BCUT2D eigenvalue weighted by Gasteiger charge is 2.21. The Bertz CT molecular complexity index is 1330. The van der Waals surface area contributed by atoms with Crippen LogP contribution in [-0.4, -0.2) is 50.2 Å². The van der Waals surface area contributed by atoms with E-state index in [0.29, 0.717) is 22.8 Å². The van der Waals surface area contributed by atoms with E-state index in [1.165, 1.54) is 44.3 Å². The summed E-state index contributed by atoms with van der Waals surface area (Å²) in [5, 5.41) is 2.63. The van der Waals surface area contributed by atoms with Crippen LogP contribution in [0.1, 0.15) is 12.5 Å². The fourth-order valence-electron chi connectivity index (χ4n) is 3.69. The molecule has 0 aromatic heterocycles. The minimum atomic E-state index is -0.703. The number of amides is 2. The number of halogens is 1. The van der Waals surface area contributed by atoms with E-state index >= 15 is 0 Å². The van der Waals surface area contributed by atoms with Crippen LogP contribution in [-0.2, 0) is 25.6 Å². The number of hydrogen-bond acceptors (Lipinski definition) is 6. The number of anilines is 1. The first kappa shape index (κ1) is 27.9. The average molecular weight is 520 g/mol. The second kappa shape index (κ2) is 13.0. The van der Waals surface area contributed by atoms with Gasteiger partial charge in [-0.2, -0.15) is 0 Å². The first-order valence-electron chi connectivity index (χ1n) is 11.7. The number of nitrogens with one attached hydrogen (secondary N) is 1. The molecule has 0 heterocycles. The van der Waals surface area contributed by atoms with Crippen LogP contribution in [0.2, 0.25) is 0 Å². The van der Waals surface area contributed by atoms with Crippen molar-refractivity contribution in [1.82, 2.24) is 4.90 Å². The minimum Gasteiger partial charge on any atom is -0.493 e. The van der Waals surface area contributed by atoms with E-state index in [4.69, 9.17) is 14.2 Å². The van der Waals surface area contributed by atoms with Gasteiger partial charge in [0.05, 0.1) is 19.9 Å². The number of carbonyl (C=O) groups is 2. The molecule has 0 unspecified atom stereocenters. The van der Waals surface area contributed by atoms with Crippen LogP contribution in [0.5, 0.6) is 5.75 Å². The maximum atomic E-state index is 15.0. The van der Waals surface area contributed by atoms with Gasteiger partial charge >= 0.3 is 0 Å². The van der Waals surface area contributed by atoms with Gasteiger partial charge in [-0.3, -0.25) is 14.6 Å². The predicted molar refractivity (Wildman–Crippen MR) is 144 cm³/mol. The molecule has 1 aliphatic rings. The third-order valence-corrected chi connectivity index (χ3v) is 5.63. The normalized spacial score (nSPS) is 15.1. The molecule has 0 radical (unpaired) electrons. The number of benzene rings is 2. The quantitative estimate of drug-likeness (QED) is 0.457. The summed E-state index contributed by atoms with van der Waals surface area (Å²) in [5.74, 6) is -0.307. The zero-order chi connectivity index (χ0) is 27.7. The Morgan fingerprint density at radius 1 is 1.08 bits per heavy atom. The number of aliphatic imine (C=N–C) groups is 1. The van der Waals surface area contributed by atoms with Crippen molar-refractivity contribution in [2.24, 2.45) is 4.99 Å². The number of rotatable bonds is 10. The lowest BCUT2D eigenvalue weighted by atomic mass is 10.0. The summed E-state index contributed by atoms with van der Waals surface area (Å²) in [4.78, 5) is 30.3. The highest BCUT2D eigenvalue weighted by atomic mass is 19.1. The number of ether oxygens (including phenoxy) is 3. The molecule has 2 aromatic rings. The molecule has 0 bridgehead atoms. The molecule has 0 saturated carbocycles. The highest BCUT2D eigenvalue weighted by molar-refractivity contribution is 6.12. The molecule has 8 nitrogen and oxygen atoms in total. The molecule has 0 atom stereocenters. The van der Waals surface area contributed by atoms with Gasteiger partial charge in [0.15, 0.2) is 23.1 Å². The number of nitrogens with zero attached hydrogens (tertiary/aromatic N) is 2. The fourth-order valence-corrected chi connectivity index (χ4v) is 3.69. The monoisotopic (exact) mass is 519 g/mol. The summed E-state index contributed by atoms with van der Waals surface area (Å²) < 4.78 is 31.5. The molecule has 1 N–H and O–H groups in total. The second-order valence-corrected chi connectivity index (χ2v) is 8.17. The van der Waals surface area contributed by atoms with Gasteiger partial charge in [-0.15, -0.1) is 0 Å². The van der Waals surface area contributed by atoms with Crippen molar-refractivity contribution in [3.63, 3.8) is 0 Å². The van der Waals surface area contributed by atoms with E-state index in [9.17, 15) is 14.0 Å². The third-order valence-electron chi connectivity index (χ3n) is 5.63. The first-order chi connectivity index (χ1) is 18.3. The number of hydrogen-bond donors (Lipinski definition) is 1. The summed E-state index contributed by atoms with van der Waals surface area (Å²) in [6.45, 7) is 5.28. The maximum Gasteiger partial charge on any atom is 0.244 e. The zero-order valence-electron chi connectivity index (χ0n) is 21.8. The summed E-state index contributed by atoms with van der Waals surface area (Å²) in [7, 11) is 4.63. The summed E-state index contributed by atoms with van der Waals surface area (Å²) in [6, 6.07) is 13.4. The highest BCUT2D eigenvalue weighted by Crippen LogP contribution is 2.28. The van der Waals surface area contributed by atoms with Gasteiger partial charge in [-0.1, -0.05) is 36.9 Å². The van der Waals surface area contributed by atoms with Gasteiger partial charge in [-0.25, -0.2) is 4.39 Å². The minimum absolute atomic E-state index is 0.0795. The van der Waals surface area contributed by atoms with E-state index in [1.807, 2.05) is 30.3 Å². The molecule has 0 spiro atoms. The van der Waals surface area contributed by atoms with Crippen LogP contribution >= 0.6 is 0 Å². The first-order valence-corrected chi connectivity index (χ1v) is 11.7. The van der Waals surface area contributed by atoms with Crippen LogP contribution in [0.15, 0.2) is 101 Å². The van der Waals surface area contributed by atoms with Gasteiger partial charge in [0.25, 0.3) is 0 Å². The standard InChI is InChI=1S/C29H30FN3O5/c1-6-25(22-15-27(36-4)28(37-5)16-24(22)31-3)38-26-13-12-21(14-23(26)30)32-29(35)18-33(19(2)34)17-20-10-8-7-9-11-20/h6-16H,1,17-18H2,2-5H3,(H,32,35)/b25-22+,31-24?. The Labute approximate surface area is 221 Å². The van der Waals surface area contributed by atoms with Gasteiger partial charge in [0.2, 0.25) is 11.8 Å². The Balaban J connectivity index is 1.75. The van der Waals surface area contributed by atoms with Crippen LogP contribution in [0.4, 0.5) is 10.1 Å². The van der Waals surface area contributed by atoms with E-state index < -0.39 is 11.7 Å². The molecule has 0 fully saturated rings. The Morgan fingerprint density at radius 2 is 1.76 bits per heavy atom. The predicted octanol–water partition coefficient (Wildman–Crippen LogP) is 4.78. The topological polar surface area (TPSA) is 89.5 Å². The van der Waals surface area contributed by atoms with Crippen molar-refractivity contribution in [2.45, 2.75) is 13.5 Å². The van der Waals surface area contributed by atoms with Gasteiger partial charge in [-0.05, 0) is 29.8 Å². The van der Waals surface area contributed by atoms with E-state index in [-0.39, 0.29) is 36.2 Å². The van der Waals surface area contributed by atoms with Crippen LogP contribution < -0.4 is 10.1 Å². The molecule has 0 saturated heterocycles. The van der Waals surface area contributed by atoms with Gasteiger partial charge < -0.3 is 24.4 Å². The van der Waals surface area contributed by atoms with Crippen molar-refractivity contribution < 1.29 is 28.2 Å². The molecule has 2 aromatic carbocycles. The Hall–Kier alpha value is -4.66. The molecule has 198 valence electrons. The molecule has 9 heteroatoms. The smallest absolute Gasteiger partial charge is 0.244 e. The molecule has 1 aliphatic carbocycles. The van der Waals surface area contributed by atoms with Crippen LogP contribution in [0.3, 0.4) is 0 Å². The summed E-state index contributed by atoms with van der Waals surface area (Å²) in [5.41, 5.74) is 2.18. The largest absolute Gasteiger partial charge is 0.493 e. The molecule has 2 amide bonds. The van der Waals surface area contributed by atoms with Crippen molar-refractivity contribution in [1.29, 1.82) is 0 Å². The molecule has 0 aliphatic heterocycles. The third kappa shape index (κ3) is 6.97. The molecular weight excluding hydrogens is 489 g/mol. The second-order valence-electron chi connectivity index (χ2n) is 8.17. The van der Waals surface area contributed by atoms with Crippen molar-refractivity contribution in [3.8, 4) is 5.75 Å². The van der Waals surface area contributed by atoms with Crippen LogP contribution in [0.25, 0.3) is 0 Å². The fraction of sp³-hybridized carbons (Fsp3) is 0.207. The summed E-state index contributed by atoms with van der Waals surface area (Å²) >= 11 is 0. The van der Waals surface area contributed by atoms with E-state index in [2.05, 4.69) is 16.9 Å². The zero-order valence-corrected chi connectivity index (χ0v) is 21.8. The molecular formula is C29H30FN3O5. The molecule has 3 rings (SSSR count). The average Bonchev–Trinajstić information content (AvgIpc) is 2.92. The maximum absolute atomic E-state index is 15.0. The molecule has 38 heavy (non-hydrogen) atoms. The lowest BCUT2D eigenvalue weighted by Crippen LogP contribution is -2.36. The lowest BCUT2D eigenvalue weighted by Gasteiger charge is -2.21. The summed E-state index contributed by atoms with van der Waals surface area (Å²) in [6.07, 6.45) is 4.78. The van der Waals surface area contributed by atoms with E-state index in [1.54, 1.807) is 19.2 Å². The van der Waals surface area contributed by atoms with E-state index in [0.717, 1.165) is 11.6 Å². The Morgan fingerprint density at radius 3 is 2.34 bits per heavy atom. The van der Waals surface area contributed by atoms with Gasteiger partial charge in [0, 0.05) is 43.9 Å². The van der Waals surface area contributed by atoms with Crippen molar-refractivity contribution >= 4 is 23.2 Å². The number of carbonyl (C=O) groups excluding carboxylic acids is 2. The number of allylic oxidation sites excluding steroid dienone is 4. The Kier molecular flexibility index (Phi) is 9.59. The van der Waals surface area contributed by atoms with Crippen molar-refractivity contribution in [2.75, 3.05) is 33.1 Å².